The molecule has 0 spiro atoms. The molecule has 0 radical (unpaired) electrons. The summed E-state index contributed by atoms with van der Waals surface area (Å²) < 4.78 is 0. The van der Waals surface area contributed by atoms with Gasteiger partial charge in [-0.05, 0) is 37.0 Å². The zero-order chi connectivity index (χ0) is 12.3. The molecule has 0 fully saturated rings. The Bertz CT molecular complexity index is 478. The number of aromatic nitrogens is 3. The zero-order valence-corrected chi connectivity index (χ0v) is 10.1. The van der Waals surface area contributed by atoms with Gasteiger partial charge < -0.3 is 0 Å². The lowest BCUT2D eigenvalue weighted by molar-refractivity contribution is 0.524. The summed E-state index contributed by atoms with van der Waals surface area (Å²) in [5.74, 6) is 6.30. The first-order chi connectivity index (χ1) is 8.20. The molecule has 1 aromatic carbocycles. The zero-order valence-electron chi connectivity index (χ0n) is 10.1. The molecule has 90 valence electrons. The van der Waals surface area contributed by atoms with Gasteiger partial charge >= 0.3 is 0 Å². The molecular weight excluding hydrogens is 214 g/mol. The van der Waals surface area contributed by atoms with Crippen LogP contribution in [0.15, 0.2) is 24.5 Å². The van der Waals surface area contributed by atoms with Gasteiger partial charge in [0.1, 0.15) is 12.2 Å². The van der Waals surface area contributed by atoms with Crippen LogP contribution >= 0.6 is 0 Å². The van der Waals surface area contributed by atoms with Gasteiger partial charge in [-0.1, -0.05) is 18.2 Å². The molecule has 4 N–H and O–H groups in total. The number of hydrogen-bond acceptors (Lipinski definition) is 4. The fourth-order valence-electron chi connectivity index (χ4n) is 1.78. The summed E-state index contributed by atoms with van der Waals surface area (Å²) in [5.41, 5.74) is 6.57. The summed E-state index contributed by atoms with van der Waals surface area (Å²) in [6.45, 7) is 4.21. The van der Waals surface area contributed by atoms with Crippen molar-refractivity contribution < 1.29 is 0 Å². The van der Waals surface area contributed by atoms with Gasteiger partial charge in [-0.2, -0.15) is 5.10 Å². The Morgan fingerprint density at radius 1 is 1.35 bits per heavy atom. The van der Waals surface area contributed by atoms with Gasteiger partial charge in [0.25, 0.3) is 0 Å². The highest BCUT2D eigenvalue weighted by Gasteiger charge is 2.13. The van der Waals surface area contributed by atoms with E-state index in [-0.39, 0.29) is 6.04 Å². The highest BCUT2D eigenvalue weighted by Crippen LogP contribution is 2.16. The number of H-pyrrole nitrogens is 1. The van der Waals surface area contributed by atoms with Crippen LogP contribution in [0, 0.1) is 13.8 Å². The fourth-order valence-corrected chi connectivity index (χ4v) is 1.78. The van der Waals surface area contributed by atoms with Crippen LogP contribution in [0.2, 0.25) is 0 Å². The minimum Gasteiger partial charge on any atom is -0.271 e. The van der Waals surface area contributed by atoms with Crippen molar-refractivity contribution in [3.63, 3.8) is 0 Å². The summed E-state index contributed by atoms with van der Waals surface area (Å²) >= 11 is 0. The van der Waals surface area contributed by atoms with E-state index in [1.807, 2.05) is 0 Å². The number of nitrogens with two attached hydrogens (primary N) is 1. The number of nitrogens with zero attached hydrogens (tertiary/aromatic N) is 2. The number of rotatable bonds is 4. The number of benzene rings is 1. The Morgan fingerprint density at radius 2 is 2.18 bits per heavy atom. The summed E-state index contributed by atoms with van der Waals surface area (Å²) in [7, 11) is 0. The average molecular weight is 231 g/mol. The van der Waals surface area contributed by atoms with Crippen LogP contribution in [-0.4, -0.2) is 15.2 Å². The van der Waals surface area contributed by atoms with Crippen molar-refractivity contribution in [3.8, 4) is 0 Å². The van der Waals surface area contributed by atoms with Crippen LogP contribution < -0.4 is 11.3 Å². The third kappa shape index (κ3) is 2.69. The first-order valence-corrected chi connectivity index (χ1v) is 5.58. The second-order valence-corrected chi connectivity index (χ2v) is 4.21. The van der Waals surface area contributed by atoms with E-state index in [9.17, 15) is 0 Å². The van der Waals surface area contributed by atoms with Gasteiger partial charge in [-0.15, -0.1) is 0 Å². The van der Waals surface area contributed by atoms with Crippen molar-refractivity contribution in [2.24, 2.45) is 5.84 Å². The lowest BCUT2D eigenvalue weighted by Gasteiger charge is -2.13. The van der Waals surface area contributed by atoms with Gasteiger partial charge in [0.15, 0.2) is 0 Å². The van der Waals surface area contributed by atoms with Crippen molar-refractivity contribution in [2.45, 2.75) is 26.3 Å². The van der Waals surface area contributed by atoms with E-state index in [2.05, 4.69) is 52.7 Å². The monoisotopic (exact) mass is 231 g/mol. The van der Waals surface area contributed by atoms with Crippen LogP contribution in [-0.2, 0) is 6.42 Å². The second kappa shape index (κ2) is 5.07. The van der Waals surface area contributed by atoms with E-state index in [1.54, 1.807) is 0 Å². The maximum Gasteiger partial charge on any atom is 0.143 e. The number of hydrazine groups is 1. The van der Waals surface area contributed by atoms with E-state index in [1.165, 1.54) is 23.0 Å². The summed E-state index contributed by atoms with van der Waals surface area (Å²) in [6, 6.07) is 6.37. The Balaban J connectivity index is 2.16. The lowest BCUT2D eigenvalue weighted by Crippen LogP contribution is -2.30. The van der Waals surface area contributed by atoms with Gasteiger partial charge in [0.2, 0.25) is 0 Å². The van der Waals surface area contributed by atoms with E-state index in [0.29, 0.717) is 0 Å². The first kappa shape index (κ1) is 11.8. The molecule has 1 aromatic heterocycles. The standard InChI is InChI=1S/C12H17N5/c1-8-3-4-10(5-9(8)2)6-11(16-13)12-14-7-15-17-12/h3-5,7,11,16H,6,13H2,1-2H3,(H,14,15,17). The molecule has 0 aliphatic rings. The fraction of sp³-hybridized carbons (Fsp3) is 0.333. The largest absolute Gasteiger partial charge is 0.271 e. The van der Waals surface area contributed by atoms with Gasteiger partial charge in [-0.3, -0.25) is 10.9 Å². The third-order valence-corrected chi connectivity index (χ3v) is 2.98. The first-order valence-electron chi connectivity index (χ1n) is 5.58. The molecule has 17 heavy (non-hydrogen) atoms. The van der Waals surface area contributed by atoms with E-state index in [4.69, 9.17) is 5.84 Å². The van der Waals surface area contributed by atoms with E-state index in [0.717, 1.165) is 12.2 Å². The lowest BCUT2D eigenvalue weighted by atomic mass is 10.0. The second-order valence-electron chi connectivity index (χ2n) is 4.21. The molecule has 2 rings (SSSR count). The molecule has 0 bridgehead atoms. The molecule has 0 aliphatic carbocycles. The maximum absolute atomic E-state index is 5.54. The number of hydrogen-bond donors (Lipinski definition) is 3. The van der Waals surface area contributed by atoms with E-state index >= 15 is 0 Å². The molecule has 1 unspecified atom stereocenters. The van der Waals surface area contributed by atoms with Crippen LogP contribution in [0.25, 0.3) is 0 Å². The highest BCUT2D eigenvalue weighted by molar-refractivity contribution is 5.30. The Hall–Kier alpha value is -1.72. The van der Waals surface area contributed by atoms with Crippen LogP contribution in [0.1, 0.15) is 28.6 Å². The smallest absolute Gasteiger partial charge is 0.143 e. The van der Waals surface area contributed by atoms with Crippen molar-refractivity contribution in [1.29, 1.82) is 0 Å². The maximum atomic E-state index is 5.54. The molecule has 5 heteroatoms. The number of aryl methyl sites for hydroxylation is 2. The molecule has 5 nitrogen and oxygen atoms in total. The average Bonchev–Trinajstić information content (AvgIpc) is 2.84. The molecule has 0 saturated carbocycles. The van der Waals surface area contributed by atoms with Crippen LogP contribution in [0.5, 0.6) is 0 Å². The SMILES string of the molecule is Cc1ccc(CC(NN)c2ncn[nH]2)cc1C. The normalized spacial score (nSPS) is 12.6. The van der Waals surface area contributed by atoms with Crippen LogP contribution in [0.3, 0.4) is 0 Å². The van der Waals surface area contributed by atoms with Crippen molar-refractivity contribution >= 4 is 0 Å². The van der Waals surface area contributed by atoms with Gasteiger partial charge in [0.05, 0.1) is 6.04 Å². The molecule has 1 heterocycles. The minimum atomic E-state index is -0.0420. The third-order valence-electron chi connectivity index (χ3n) is 2.98. The summed E-state index contributed by atoms with van der Waals surface area (Å²) in [4.78, 5) is 4.11. The quantitative estimate of drug-likeness (QED) is 0.545. The molecule has 1 atom stereocenters. The van der Waals surface area contributed by atoms with Crippen molar-refractivity contribution in [1.82, 2.24) is 20.6 Å². The van der Waals surface area contributed by atoms with E-state index < -0.39 is 0 Å². The predicted molar refractivity (Wildman–Crippen MR) is 66.1 cm³/mol. The van der Waals surface area contributed by atoms with Gasteiger partial charge in [0, 0.05) is 0 Å². The minimum absolute atomic E-state index is 0.0420. The molecular formula is C12H17N5. The summed E-state index contributed by atoms with van der Waals surface area (Å²) in [5, 5.41) is 6.66. The topological polar surface area (TPSA) is 79.6 Å². The van der Waals surface area contributed by atoms with Crippen molar-refractivity contribution in [3.05, 3.63) is 47.0 Å². The molecule has 0 aliphatic heterocycles. The Kier molecular flexibility index (Phi) is 3.51. The highest BCUT2D eigenvalue weighted by atomic mass is 15.3. The molecule has 2 aromatic rings. The molecule has 0 amide bonds. The van der Waals surface area contributed by atoms with Crippen molar-refractivity contribution in [2.75, 3.05) is 0 Å². The van der Waals surface area contributed by atoms with Gasteiger partial charge in [-0.25, -0.2) is 10.4 Å². The van der Waals surface area contributed by atoms with Crippen LogP contribution in [0.4, 0.5) is 0 Å². The summed E-state index contributed by atoms with van der Waals surface area (Å²) in [6.07, 6.45) is 2.27. The number of nitrogens with one attached hydrogen (secondary N) is 2. The Labute approximate surface area is 100 Å². The Morgan fingerprint density at radius 3 is 2.76 bits per heavy atom. The molecule has 0 saturated heterocycles. The predicted octanol–water partition coefficient (Wildman–Crippen LogP) is 1.17. The number of aromatic amines is 1.